The summed E-state index contributed by atoms with van der Waals surface area (Å²) in [5.41, 5.74) is 7.93. The van der Waals surface area contributed by atoms with Gasteiger partial charge in [-0.25, -0.2) is 9.97 Å². The monoisotopic (exact) mass is 309 g/mol. The van der Waals surface area contributed by atoms with Crippen LogP contribution in [0.2, 0.25) is 0 Å². The van der Waals surface area contributed by atoms with Gasteiger partial charge in [-0.05, 0) is 12.8 Å². The maximum atomic E-state index is 5.79. The van der Waals surface area contributed by atoms with E-state index in [9.17, 15) is 0 Å². The van der Waals surface area contributed by atoms with Gasteiger partial charge in [-0.3, -0.25) is 0 Å². The standard InChI is InChI=1S/C15H23N3S2/c1-6-9(7-2)13-18-12(15(3,4)5)11(20-13)10-8-19-14(16)17-10/h8-9H,6-7H2,1-5H3,(H2,16,17). The van der Waals surface area contributed by atoms with Gasteiger partial charge in [0.05, 0.1) is 21.3 Å². The molecule has 3 nitrogen and oxygen atoms in total. The molecule has 110 valence electrons. The second-order valence-electron chi connectivity index (χ2n) is 6.06. The average molecular weight is 310 g/mol. The minimum absolute atomic E-state index is 0.0223. The second kappa shape index (κ2) is 5.82. The Balaban J connectivity index is 2.54. The molecule has 0 atom stereocenters. The van der Waals surface area contributed by atoms with E-state index in [0.717, 1.165) is 24.2 Å². The molecule has 20 heavy (non-hydrogen) atoms. The van der Waals surface area contributed by atoms with E-state index in [2.05, 4.69) is 39.6 Å². The third-order valence-electron chi connectivity index (χ3n) is 3.44. The van der Waals surface area contributed by atoms with Crippen molar-refractivity contribution in [2.75, 3.05) is 5.73 Å². The quantitative estimate of drug-likeness (QED) is 0.859. The van der Waals surface area contributed by atoms with E-state index in [4.69, 9.17) is 10.7 Å². The van der Waals surface area contributed by atoms with Crippen molar-refractivity contribution >= 4 is 27.8 Å². The van der Waals surface area contributed by atoms with Crippen LogP contribution in [0.3, 0.4) is 0 Å². The zero-order valence-electron chi connectivity index (χ0n) is 12.9. The summed E-state index contributed by atoms with van der Waals surface area (Å²) in [6.07, 6.45) is 2.26. The molecule has 5 heteroatoms. The molecule has 2 N–H and O–H groups in total. The number of nitrogens with two attached hydrogens (primary N) is 1. The van der Waals surface area contributed by atoms with Crippen LogP contribution in [0.15, 0.2) is 5.38 Å². The largest absolute Gasteiger partial charge is 0.375 e. The highest BCUT2D eigenvalue weighted by Crippen LogP contribution is 2.41. The van der Waals surface area contributed by atoms with Crippen molar-refractivity contribution in [2.24, 2.45) is 0 Å². The number of thiazole rings is 2. The Morgan fingerprint density at radius 1 is 1.20 bits per heavy atom. The molecule has 0 aliphatic rings. The van der Waals surface area contributed by atoms with Crippen LogP contribution in [0, 0.1) is 0 Å². The van der Waals surface area contributed by atoms with Gasteiger partial charge in [0.25, 0.3) is 0 Å². The first kappa shape index (κ1) is 15.4. The molecule has 0 spiro atoms. The van der Waals surface area contributed by atoms with Gasteiger partial charge in [-0.2, -0.15) is 0 Å². The molecule has 0 aromatic carbocycles. The highest BCUT2D eigenvalue weighted by molar-refractivity contribution is 7.16. The van der Waals surface area contributed by atoms with E-state index in [1.54, 1.807) is 11.3 Å². The normalized spacial score (nSPS) is 12.3. The van der Waals surface area contributed by atoms with Crippen LogP contribution in [0.4, 0.5) is 5.13 Å². The molecule has 2 aromatic rings. The Labute approximate surface area is 129 Å². The van der Waals surface area contributed by atoms with Crippen LogP contribution in [-0.2, 0) is 5.41 Å². The van der Waals surface area contributed by atoms with Crippen LogP contribution in [0.25, 0.3) is 10.6 Å². The van der Waals surface area contributed by atoms with Gasteiger partial charge in [0, 0.05) is 16.7 Å². The lowest BCUT2D eigenvalue weighted by atomic mass is 9.90. The number of nitrogen functional groups attached to an aromatic ring is 1. The predicted octanol–water partition coefficient (Wildman–Crippen LogP) is 5.05. The fourth-order valence-electron chi connectivity index (χ4n) is 2.22. The summed E-state index contributed by atoms with van der Waals surface area (Å²) in [5.74, 6) is 0.547. The average Bonchev–Trinajstić information content (AvgIpc) is 2.96. The van der Waals surface area contributed by atoms with Crippen molar-refractivity contribution in [1.82, 2.24) is 9.97 Å². The summed E-state index contributed by atoms with van der Waals surface area (Å²) in [5, 5.41) is 3.90. The zero-order valence-corrected chi connectivity index (χ0v) is 14.5. The molecule has 0 radical (unpaired) electrons. The van der Waals surface area contributed by atoms with Crippen molar-refractivity contribution in [2.45, 2.75) is 58.8 Å². The van der Waals surface area contributed by atoms with Crippen LogP contribution >= 0.6 is 22.7 Å². The van der Waals surface area contributed by atoms with E-state index < -0.39 is 0 Å². The number of rotatable bonds is 4. The van der Waals surface area contributed by atoms with Crippen molar-refractivity contribution < 1.29 is 0 Å². The maximum Gasteiger partial charge on any atom is 0.180 e. The lowest BCUT2D eigenvalue weighted by Crippen LogP contribution is -2.13. The Morgan fingerprint density at radius 3 is 2.30 bits per heavy atom. The minimum Gasteiger partial charge on any atom is -0.375 e. The van der Waals surface area contributed by atoms with Gasteiger partial charge >= 0.3 is 0 Å². The second-order valence-corrected chi connectivity index (χ2v) is 7.98. The third-order valence-corrected chi connectivity index (χ3v) is 5.36. The molecule has 0 unspecified atom stereocenters. The Bertz CT molecular complexity index is 574. The van der Waals surface area contributed by atoms with E-state index in [1.807, 2.05) is 5.38 Å². The van der Waals surface area contributed by atoms with E-state index >= 15 is 0 Å². The fraction of sp³-hybridized carbons (Fsp3) is 0.600. The Kier molecular flexibility index (Phi) is 4.49. The molecule has 0 saturated carbocycles. The van der Waals surface area contributed by atoms with E-state index in [1.165, 1.54) is 21.2 Å². The summed E-state index contributed by atoms with van der Waals surface area (Å²) in [7, 11) is 0. The van der Waals surface area contributed by atoms with Crippen molar-refractivity contribution in [1.29, 1.82) is 0 Å². The molecule has 0 amide bonds. The number of hydrogen-bond donors (Lipinski definition) is 1. The highest BCUT2D eigenvalue weighted by atomic mass is 32.1. The smallest absolute Gasteiger partial charge is 0.180 e. The molecule has 2 rings (SSSR count). The summed E-state index contributed by atoms with van der Waals surface area (Å²) < 4.78 is 0. The van der Waals surface area contributed by atoms with Gasteiger partial charge in [0.15, 0.2) is 5.13 Å². The minimum atomic E-state index is 0.0223. The lowest BCUT2D eigenvalue weighted by molar-refractivity contribution is 0.563. The Hall–Kier alpha value is -0.940. The van der Waals surface area contributed by atoms with E-state index in [0.29, 0.717) is 11.0 Å². The number of hydrogen-bond acceptors (Lipinski definition) is 5. The van der Waals surface area contributed by atoms with Crippen molar-refractivity contribution in [3.63, 3.8) is 0 Å². The molecule has 0 aliphatic carbocycles. The predicted molar refractivity (Wildman–Crippen MR) is 89.7 cm³/mol. The molecule has 0 saturated heterocycles. The summed E-state index contributed by atoms with van der Waals surface area (Å²) in [6, 6.07) is 0. The summed E-state index contributed by atoms with van der Waals surface area (Å²) in [4.78, 5) is 10.6. The molecule has 2 aromatic heterocycles. The molecule has 0 fully saturated rings. The van der Waals surface area contributed by atoms with Gasteiger partial charge in [0.1, 0.15) is 0 Å². The van der Waals surface area contributed by atoms with Crippen molar-refractivity contribution in [3.05, 3.63) is 16.1 Å². The first-order valence-corrected chi connectivity index (χ1v) is 8.79. The number of anilines is 1. The summed E-state index contributed by atoms with van der Waals surface area (Å²) in [6.45, 7) is 11.1. The van der Waals surface area contributed by atoms with Crippen LogP contribution in [-0.4, -0.2) is 9.97 Å². The maximum absolute atomic E-state index is 5.79. The lowest BCUT2D eigenvalue weighted by Gasteiger charge is -2.17. The topological polar surface area (TPSA) is 51.8 Å². The molecule has 2 heterocycles. The molecule has 0 aliphatic heterocycles. The Morgan fingerprint density at radius 2 is 1.85 bits per heavy atom. The van der Waals surface area contributed by atoms with Gasteiger partial charge in [-0.15, -0.1) is 22.7 Å². The zero-order chi connectivity index (χ0) is 14.9. The number of nitrogens with zero attached hydrogens (tertiary/aromatic N) is 2. The van der Waals surface area contributed by atoms with E-state index in [-0.39, 0.29) is 5.41 Å². The first-order valence-electron chi connectivity index (χ1n) is 7.09. The van der Waals surface area contributed by atoms with Crippen molar-refractivity contribution in [3.8, 4) is 10.6 Å². The summed E-state index contributed by atoms with van der Waals surface area (Å²) >= 11 is 3.28. The molecular formula is C15H23N3S2. The molecule has 0 bridgehead atoms. The van der Waals surface area contributed by atoms with Crippen LogP contribution < -0.4 is 5.73 Å². The number of aromatic nitrogens is 2. The van der Waals surface area contributed by atoms with Gasteiger partial charge in [0.2, 0.25) is 0 Å². The fourth-order valence-corrected chi connectivity index (χ4v) is 4.36. The van der Waals surface area contributed by atoms with Gasteiger partial charge in [-0.1, -0.05) is 34.6 Å². The van der Waals surface area contributed by atoms with Crippen LogP contribution in [0.5, 0.6) is 0 Å². The third kappa shape index (κ3) is 3.04. The SMILES string of the molecule is CCC(CC)c1nc(C(C)(C)C)c(-c2csc(N)n2)s1. The van der Waals surface area contributed by atoms with Crippen LogP contribution in [0.1, 0.15) is 64.1 Å². The van der Waals surface area contributed by atoms with Gasteiger partial charge < -0.3 is 5.73 Å². The molecular weight excluding hydrogens is 286 g/mol. The first-order chi connectivity index (χ1) is 9.36. The highest BCUT2D eigenvalue weighted by Gasteiger charge is 2.27.